The maximum Gasteiger partial charge on any atom is 0.356 e. The highest BCUT2D eigenvalue weighted by Crippen LogP contribution is 2.42. The first-order chi connectivity index (χ1) is 15.4. The van der Waals surface area contributed by atoms with Gasteiger partial charge in [-0.25, -0.2) is 14.6 Å². The van der Waals surface area contributed by atoms with Crippen LogP contribution in [-0.4, -0.2) is 35.9 Å². The van der Waals surface area contributed by atoms with Crippen molar-refractivity contribution in [3.05, 3.63) is 70.4 Å². The van der Waals surface area contributed by atoms with E-state index < -0.39 is 11.9 Å². The van der Waals surface area contributed by atoms with Gasteiger partial charge < -0.3 is 14.7 Å². The summed E-state index contributed by atoms with van der Waals surface area (Å²) >= 11 is 0. The Bertz CT molecular complexity index is 1070. The lowest BCUT2D eigenvalue weighted by Crippen LogP contribution is -2.36. The van der Waals surface area contributed by atoms with Crippen molar-refractivity contribution in [1.82, 2.24) is 0 Å². The first-order valence-electron chi connectivity index (χ1n) is 11.0. The molecular weight excluding hydrogens is 404 g/mol. The molecule has 0 aromatic heterocycles. The molecule has 1 N–H and O–H groups in total. The van der Waals surface area contributed by atoms with E-state index in [-0.39, 0.29) is 18.0 Å². The predicted molar refractivity (Wildman–Crippen MR) is 127 cm³/mol. The lowest BCUT2D eigenvalue weighted by atomic mass is 9.94. The van der Waals surface area contributed by atoms with Crippen molar-refractivity contribution in [2.45, 2.75) is 47.0 Å². The van der Waals surface area contributed by atoms with Gasteiger partial charge in [0.15, 0.2) is 5.71 Å². The second-order valence-electron chi connectivity index (χ2n) is 7.81. The second-order valence-corrected chi connectivity index (χ2v) is 7.81. The van der Waals surface area contributed by atoms with E-state index in [0.717, 1.165) is 41.6 Å². The summed E-state index contributed by atoms with van der Waals surface area (Å²) in [5.41, 5.74) is 6.18. The minimum absolute atomic E-state index is 0.143. The highest BCUT2D eigenvalue weighted by atomic mass is 16.5. The molecule has 1 heterocycles. The lowest BCUT2D eigenvalue weighted by Gasteiger charge is -2.34. The summed E-state index contributed by atoms with van der Waals surface area (Å²) in [5.74, 6) is -1.75. The molecule has 0 saturated heterocycles. The standard InChI is InChI=1S/C26H30N2O4/c1-5-20-18(4)17(3)15-21-25(20)28(14-10-13-19-11-8-7-9-12-19)22(16-23(29)32-6-2)24(27-21)26(30)31/h7-9,11-12,15-16H,5-6,10,13-14H2,1-4H3,(H,30,31). The van der Waals surface area contributed by atoms with Gasteiger partial charge in [0.2, 0.25) is 0 Å². The van der Waals surface area contributed by atoms with E-state index in [2.05, 4.69) is 31.0 Å². The molecule has 0 amide bonds. The summed E-state index contributed by atoms with van der Waals surface area (Å²) in [6.07, 6.45) is 3.66. The monoisotopic (exact) mass is 434 g/mol. The minimum Gasteiger partial charge on any atom is -0.476 e. The third-order valence-corrected chi connectivity index (χ3v) is 5.75. The van der Waals surface area contributed by atoms with Crippen LogP contribution in [0, 0.1) is 13.8 Å². The summed E-state index contributed by atoms with van der Waals surface area (Å²) in [6.45, 7) is 8.64. The molecule has 0 unspecified atom stereocenters. The van der Waals surface area contributed by atoms with Gasteiger partial charge in [0.1, 0.15) is 0 Å². The van der Waals surface area contributed by atoms with E-state index in [0.29, 0.717) is 12.2 Å². The lowest BCUT2D eigenvalue weighted by molar-refractivity contribution is -0.137. The van der Waals surface area contributed by atoms with Gasteiger partial charge in [-0.3, -0.25) is 0 Å². The number of carbonyl (C=O) groups is 2. The van der Waals surface area contributed by atoms with Crippen LogP contribution < -0.4 is 4.90 Å². The number of hydrogen-bond donors (Lipinski definition) is 1. The number of ether oxygens (including phenoxy) is 1. The molecule has 1 aliphatic rings. The molecule has 2 aromatic rings. The van der Waals surface area contributed by atoms with Crippen molar-refractivity contribution < 1.29 is 19.4 Å². The molecule has 0 atom stereocenters. The van der Waals surface area contributed by atoms with Crippen molar-refractivity contribution in [3.63, 3.8) is 0 Å². The van der Waals surface area contributed by atoms with Crippen molar-refractivity contribution in [2.24, 2.45) is 4.99 Å². The van der Waals surface area contributed by atoms with E-state index in [4.69, 9.17) is 4.74 Å². The van der Waals surface area contributed by atoms with Crippen molar-refractivity contribution in [3.8, 4) is 0 Å². The largest absolute Gasteiger partial charge is 0.476 e. The number of anilines is 1. The third-order valence-electron chi connectivity index (χ3n) is 5.75. The van der Waals surface area contributed by atoms with E-state index >= 15 is 0 Å². The van der Waals surface area contributed by atoms with Crippen LogP contribution in [0.1, 0.15) is 42.5 Å². The van der Waals surface area contributed by atoms with Gasteiger partial charge in [0, 0.05) is 12.6 Å². The van der Waals surface area contributed by atoms with Gasteiger partial charge >= 0.3 is 11.9 Å². The van der Waals surface area contributed by atoms with Crippen LogP contribution >= 0.6 is 0 Å². The zero-order chi connectivity index (χ0) is 23.3. The predicted octanol–water partition coefficient (Wildman–Crippen LogP) is 4.92. The molecule has 32 heavy (non-hydrogen) atoms. The first kappa shape index (κ1) is 23.3. The van der Waals surface area contributed by atoms with Crippen LogP contribution in [0.3, 0.4) is 0 Å². The van der Waals surface area contributed by atoms with Crippen LogP contribution in [0.25, 0.3) is 0 Å². The average molecular weight is 435 g/mol. The van der Waals surface area contributed by atoms with Gasteiger partial charge in [-0.05, 0) is 68.4 Å². The Balaban J connectivity index is 2.11. The fraction of sp³-hybridized carbons (Fsp3) is 0.346. The summed E-state index contributed by atoms with van der Waals surface area (Å²) in [4.78, 5) is 30.9. The molecule has 0 radical (unpaired) electrons. The second kappa shape index (κ2) is 10.3. The van der Waals surface area contributed by atoms with Crippen LogP contribution in [0.15, 0.2) is 53.2 Å². The molecule has 0 bridgehead atoms. The molecule has 1 aliphatic heterocycles. The Labute approximate surface area is 189 Å². The van der Waals surface area contributed by atoms with Crippen LogP contribution in [0.4, 0.5) is 11.4 Å². The highest BCUT2D eigenvalue weighted by Gasteiger charge is 2.32. The van der Waals surface area contributed by atoms with Gasteiger partial charge in [-0.2, -0.15) is 0 Å². The van der Waals surface area contributed by atoms with Gasteiger partial charge in [-0.1, -0.05) is 37.3 Å². The molecule has 0 saturated carbocycles. The fourth-order valence-electron chi connectivity index (χ4n) is 4.11. The highest BCUT2D eigenvalue weighted by molar-refractivity contribution is 6.45. The molecule has 2 aromatic carbocycles. The molecule has 6 nitrogen and oxygen atoms in total. The topological polar surface area (TPSA) is 79.2 Å². The molecule has 168 valence electrons. The molecular formula is C26H30N2O4. The Hall–Kier alpha value is -3.41. The van der Waals surface area contributed by atoms with E-state index in [1.54, 1.807) is 6.92 Å². The van der Waals surface area contributed by atoms with Gasteiger partial charge in [0.05, 0.1) is 23.7 Å². The number of hydrogen-bond acceptors (Lipinski definition) is 5. The molecule has 3 rings (SSSR count). The molecule has 0 spiro atoms. The van der Waals surface area contributed by atoms with E-state index in [9.17, 15) is 14.7 Å². The van der Waals surface area contributed by atoms with Crippen molar-refractivity contribution in [2.75, 3.05) is 18.1 Å². The Morgan fingerprint density at radius 2 is 1.88 bits per heavy atom. The van der Waals surface area contributed by atoms with Crippen LogP contribution in [0.5, 0.6) is 0 Å². The summed E-state index contributed by atoms with van der Waals surface area (Å²) < 4.78 is 5.09. The molecule has 0 aliphatic carbocycles. The zero-order valence-electron chi connectivity index (χ0n) is 19.1. The third kappa shape index (κ3) is 4.90. The number of benzene rings is 2. The van der Waals surface area contributed by atoms with Crippen LogP contribution in [-0.2, 0) is 27.2 Å². The number of aliphatic carboxylic acids is 1. The number of rotatable bonds is 8. The average Bonchev–Trinajstić information content (AvgIpc) is 2.76. The SMILES string of the molecule is CCOC(=O)C=C1C(C(=O)O)=Nc2cc(C)c(C)c(CC)c2N1CCCc1ccccc1. The number of carboxylic acids is 1. The normalized spacial score (nSPS) is 14.2. The van der Waals surface area contributed by atoms with Crippen molar-refractivity contribution >= 4 is 29.0 Å². The van der Waals surface area contributed by atoms with Gasteiger partial charge in [0.25, 0.3) is 0 Å². The smallest absolute Gasteiger partial charge is 0.356 e. The Kier molecular flexibility index (Phi) is 7.46. The van der Waals surface area contributed by atoms with Crippen LogP contribution in [0.2, 0.25) is 0 Å². The Morgan fingerprint density at radius 1 is 1.16 bits per heavy atom. The molecule has 6 heteroatoms. The summed E-state index contributed by atoms with van der Waals surface area (Å²) in [7, 11) is 0. The van der Waals surface area contributed by atoms with Crippen molar-refractivity contribution in [1.29, 1.82) is 0 Å². The summed E-state index contributed by atoms with van der Waals surface area (Å²) in [5, 5.41) is 9.90. The summed E-state index contributed by atoms with van der Waals surface area (Å²) in [6, 6.07) is 12.1. The maximum absolute atomic E-state index is 12.3. The quantitative estimate of drug-likeness (QED) is 0.471. The number of aliphatic imine (C=N–C) groups is 1. The van der Waals surface area contributed by atoms with E-state index in [1.165, 1.54) is 11.6 Å². The number of fused-ring (bicyclic) bond motifs is 1. The number of aryl methyl sites for hydroxylation is 2. The number of esters is 1. The van der Waals surface area contributed by atoms with E-state index in [1.807, 2.05) is 36.1 Å². The first-order valence-corrected chi connectivity index (χ1v) is 11.0. The minimum atomic E-state index is -1.17. The maximum atomic E-state index is 12.3. The molecule has 0 fully saturated rings. The zero-order valence-corrected chi connectivity index (χ0v) is 19.1. The fourth-order valence-corrected chi connectivity index (χ4v) is 4.11. The number of carboxylic acid groups (broad SMARTS) is 1. The van der Waals surface area contributed by atoms with Gasteiger partial charge in [-0.15, -0.1) is 0 Å². The Morgan fingerprint density at radius 3 is 2.50 bits per heavy atom. The number of nitrogens with zero attached hydrogens (tertiary/aromatic N) is 2. The number of carbonyl (C=O) groups excluding carboxylic acids is 1.